The maximum absolute atomic E-state index is 11.8. The first-order valence-electron chi connectivity index (χ1n) is 7.90. The van der Waals surface area contributed by atoms with Gasteiger partial charge in [0.25, 0.3) is 0 Å². The van der Waals surface area contributed by atoms with Gasteiger partial charge in [0.05, 0.1) is 24.3 Å². The number of anilines is 1. The largest absolute Gasteiger partial charge is 0.465 e. The van der Waals surface area contributed by atoms with E-state index in [2.05, 4.69) is 10.2 Å². The third kappa shape index (κ3) is 3.89. The Bertz CT molecular complexity index is 814. The summed E-state index contributed by atoms with van der Waals surface area (Å²) in [6.07, 6.45) is 0.286. The van der Waals surface area contributed by atoms with Gasteiger partial charge in [0, 0.05) is 28.9 Å². The molecule has 0 aliphatic carbocycles. The molecule has 1 fully saturated rings. The Labute approximate surface area is 160 Å². The molecule has 1 aromatic heterocycles. The summed E-state index contributed by atoms with van der Waals surface area (Å²) >= 11 is 13.1. The lowest BCUT2D eigenvalue weighted by molar-refractivity contribution is -0.0473. The molecule has 0 spiro atoms. The van der Waals surface area contributed by atoms with Crippen LogP contribution in [0.5, 0.6) is 0 Å². The summed E-state index contributed by atoms with van der Waals surface area (Å²) in [4.78, 5) is 14.3. The Hall–Kier alpha value is -1.41. The van der Waals surface area contributed by atoms with Crippen molar-refractivity contribution in [2.75, 3.05) is 25.5 Å². The van der Waals surface area contributed by atoms with E-state index in [1.54, 1.807) is 0 Å². The Morgan fingerprint density at radius 2 is 2.08 bits per heavy atom. The number of hydrogen-bond acceptors (Lipinski definition) is 5. The summed E-state index contributed by atoms with van der Waals surface area (Å²) in [5.41, 5.74) is 0.860. The number of rotatable bonds is 2. The highest BCUT2D eigenvalue weighted by Gasteiger charge is 2.24. The number of esters is 1. The summed E-state index contributed by atoms with van der Waals surface area (Å²) in [6.45, 7) is 5.60. The van der Waals surface area contributed by atoms with Gasteiger partial charge in [-0.25, -0.2) is 4.79 Å². The van der Waals surface area contributed by atoms with Gasteiger partial charge in [0.1, 0.15) is 4.88 Å². The molecule has 25 heavy (non-hydrogen) atoms. The number of nitrogens with one attached hydrogen (secondary N) is 1. The molecule has 1 N–H and O–H groups in total. The number of morpholine rings is 1. The van der Waals surface area contributed by atoms with E-state index in [-0.39, 0.29) is 12.2 Å². The highest BCUT2D eigenvalue weighted by atomic mass is 35.5. The summed E-state index contributed by atoms with van der Waals surface area (Å²) in [5, 5.41) is 5.19. The number of hydrogen-bond donors (Lipinski definition) is 1. The maximum Gasteiger partial charge on any atom is 0.349 e. The molecule has 0 unspecified atom stereocenters. The van der Waals surface area contributed by atoms with Crippen molar-refractivity contribution in [2.24, 2.45) is 0 Å². The van der Waals surface area contributed by atoms with Crippen LogP contribution in [0.4, 0.5) is 5.69 Å². The topological polar surface area (TPSA) is 50.8 Å². The summed E-state index contributed by atoms with van der Waals surface area (Å²) in [7, 11) is 1.35. The second-order valence-corrected chi connectivity index (χ2v) is 7.86. The van der Waals surface area contributed by atoms with E-state index in [4.69, 9.17) is 33.3 Å². The van der Waals surface area contributed by atoms with Crippen molar-refractivity contribution in [3.05, 3.63) is 28.1 Å². The van der Waals surface area contributed by atoms with Crippen LogP contribution in [0.1, 0.15) is 23.5 Å². The van der Waals surface area contributed by atoms with Gasteiger partial charge in [-0.1, -0.05) is 11.6 Å². The van der Waals surface area contributed by atoms with E-state index in [0.29, 0.717) is 15.0 Å². The van der Waals surface area contributed by atoms with Crippen molar-refractivity contribution in [2.45, 2.75) is 26.1 Å². The quantitative estimate of drug-likeness (QED) is 0.605. The lowest BCUT2D eigenvalue weighted by Gasteiger charge is -2.36. The van der Waals surface area contributed by atoms with Gasteiger partial charge < -0.3 is 19.7 Å². The normalized spacial score (nSPS) is 20.6. The highest BCUT2D eigenvalue weighted by Crippen LogP contribution is 2.37. The molecule has 1 saturated heterocycles. The minimum atomic E-state index is -0.424. The monoisotopic (exact) mass is 398 g/mol. The van der Waals surface area contributed by atoms with Crippen LogP contribution in [0.2, 0.25) is 5.02 Å². The smallest absolute Gasteiger partial charge is 0.349 e. The minimum Gasteiger partial charge on any atom is -0.465 e. The number of carbonyl (C=O) groups is 1. The molecule has 1 aromatic carbocycles. The van der Waals surface area contributed by atoms with Crippen molar-refractivity contribution in [1.82, 2.24) is 4.90 Å². The SMILES string of the molecule is COC(=O)c1sc2cc(NC(=S)N3C[C@@H](C)O[C@H](C)C3)ccc2c1Cl. The number of carbonyl (C=O) groups excluding carboxylic acids is 1. The number of halogens is 1. The number of methoxy groups -OCH3 is 1. The third-order valence-electron chi connectivity index (χ3n) is 3.96. The maximum atomic E-state index is 11.8. The van der Waals surface area contributed by atoms with Crippen molar-refractivity contribution in [3.63, 3.8) is 0 Å². The van der Waals surface area contributed by atoms with Gasteiger partial charge in [0.15, 0.2) is 5.11 Å². The molecule has 2 aromatic rings. The Morgan fingerprint density at radius 3 is 2.72 bits per heavy atom. The van der Waals surface area contributed by atoms with Crippen LogP contribution in [0, 0.1) is 0 Å². The fourth-order valence-corrected chi connectivity index (χ4v) is 4.65. The molecule has 0 amide bonds. The van der Waals surface area contributed by atoms with Gasteiger partial charge in [0.2, 0.25) is 0 Å². The molecule has 0 radical (unpaired) electrons. The molecule has 134 valence electrons. The van der Waals surface area contributed by atoms with Crippen LogP contribution in [0.15, 0.2) is 18.2 Å². The van der Waals surface area contributed by atoms with Crippen molar-refractivity contribution in [3.8, 4) is 0 Å². The first kappa shape index (κ1) is 18.4. The van der Waals surface area contributed by atoms with Crippen LogP contribution in [-0.2, 0) is 9.47 Å². The van der Waals surface area contributed by atoms with E-state index in [1.807, 2.05) is 32.0 Å². The first-order valence-corrected chi connectivity index (χ1v) is 9.51. The van der Waals surface area contributed by atoms with Gasteiger partial charge in [-0.15, -0.1) is 11.3 Å². The molecular weight excluding hydrogens is 380 g/mol. The highest BCUT2D eigenvalue weighted by molar-refractivity contribution is 7.80. The second kappa shape index (κ2) is 7.45. The van der Waals surface area contributed by atoms with Crippen LogP contribution in [-0.4, -0.2) is 48.4 Å². The van der Waals surface area contributed by atoms with Gasteiger partial charge >= 0.3 is 5.97 Å². The van der Waals surface area contributed by atoms with E-state index in [1.165, 1.54) is 18.4 Å². The number of nitrogens with zero attached hydrogens (tertiary/aromatic N) is 1. The number of benzene rings is 1. The van der Waals surface area contributed by atoms with Gasteiger partial charge in [-0.2, -0.15) is 0 Å². The molecule has 1 aliphatic heterocycles. The fraction of sp³-hybridized carbons (Fsp3) is 0.412. The Balaban J connectivity index is 1.80. The zero-order valence-electron chi connectivity index (χ0n) is 14.2. The van der Waals surface area contributed by atoms with Gasteiger partial charge in [-0.05, 0) is 44.3 Å². The molecule has 8 heteroatoms. The molecule has 1 aliphatic rings. The predicted molar refractivity (Wildman–Crippen MR) is 106 cm³/mol. The lowest BCUT2D eigenvalue weighted by atomic mass is 10.2. The molecule has 0 saturated carbocycles. The minimum absolute atomic E-state index is 0.143. The number of thiophene rings is 1. The number of fused-ring (bicyclic) bond motifs is 1. The number of thiocarbonyl (C=S) groups is 1. The van der Waals surface area contributed by atoms with Crippen LogP contribution < -0.4 is 5.32 Å². The standard InChI is InChI=1S/C17H19ClN2O3S2/c1-9-7-20(8-10(2)23-9)17(24)19-11-4-5-12-13(6-11)25-15(14(12)18)16(21)22-3/h4-6,9-10H,7-8H2,1-3H3,(H,19,24)/t9-,10-/m1/s1. The molecule has 5 nitrogen and oxygen atoms in total. The first-order chi connectivity index (χ1) is 11.9. The molecule has 2 heterocycles. The van der Waals surface area contributed by atoms with E-state index in [0.717, 1.165) is 28.9 Å². The van der Waals surface area contributed by atoms with Crippen LogP contribution in [0.25, 0.3) is 10.1 Å². The summed E-state index contributed by atoms with van der Waals surface area (Å²) in [5.74, 6) is -0.424. The molecule has 3 rings (SSSR count). The van der Waals surface area contributed by atoms with Crippen molar-refractivity contribution >= 4 is 62.0 Å². The average Bonchev–Trinajstić information content (AvgIpc) is 2.89. The fourth-order valence-electron chi connectivity index (χ4n) is 2.91. The molecule has 2 atom stereocenters. The van der Waals surface area contributed by atoms with E-state index in [9.17, 15) is 4.79 Å². The molecular formula is C17H19ClN2O3S2. The summed E-state index contributed by atoms with van der Waals surface area (Å²) < 4.78 is 11.4. The number of ether oxygens (including phenoxy) is 2. The molecule has 0 bridgehead atoms. The lowest BCUT2D eigenvalue weighted by Crippen LogP contribution is -2.49. The third-order valence-corrected chi connectivity index (χ3v) is 5.96. The van der Waals surface area contributed by atoms with E-state index >= 15 is 0 Å². The van der Waals surface area contributed by atoms with Crippen LogP contribution in [0.3, 0.4) is 0 Å². The Kier molecular flexibility index (Phi) is 5.48. The van der Waals surface area contributed by atoms with Crippen molar-refractivity contribution < 1.29 is 14.3 Å². The Morgan fingerprint density at radius 1 is 1.40 bits per heavy atom. The zero-order chi connectivity index (χ0) is 18.1. The van der Waals surface area contributed by atoms with E-state index < -0.39 is 5.97 Å². The second-order valence-electron chi connectivity index (χ2n) is 6.04. The van der Waals surface area contributed by atoms with Crippen molar-refractivity contribution in [1.29, 1.82) is 0 Å². The predicted octanol–water partition coefficient (Wildman–Crippen LogP) is 4.15. The zero-order valence-corrected chi connectivity index (χ0v) is 16.6. The van der Waals surface area contributed by atoms with Crippen LogP contribution >= 0.6 is 35.2 Å². The average molecular weight is 399 g/mol. The van der Waals surface area contributed by atoms with Gasteiger partial charge in [-0.3, -0.25) is 0 Å². The summed E-state index contributed by atoms with van der Waals surface area (Å²) in [6, 6.07) is 5.73.